The molecule has 0 aliphatic heterocycles. The number of hydrogen-bond donors (Lipinski definition) is 1. The minimum atomic E-state index is 0.538. The molecule has 1 fully saturated rings. The minimum Gasteiger partial charge on any atom is -0.330 e. The first-order valence-corrected chi connectivity index (χ1v) is 6.72. The van der Waals surface area contributed by atoms with E-state index in [0.29, 0.717) is 17.9 Å². The van der Waals surface area contributed by atoms with Crippen LogP contribution in [-0.4, -0.2) is 21.3 Å². The van der Waals surface area contributed by atoms with Crippen LogP contribution in [0, 0.1) is 18.8 Å². The molecule has 1 aliphatic rings. The number of nitrogens with two attached hydrogens (primary N) is 1. The Morgan fingerprint density at radius 2 is 2.06 bits per heavy atom. The van der Waals surface area contributed by atoms with Gasteiger partial charge in [-0.05, 0) is 44.6 Å². The standard InChI is InChI=1S/C13H24N4/c1-9(2)6-11(8-14)7-13-16-15-10(3)17(13)12-4-5-12/h9,11-12H,4-8,14H2,1-3H3/t11-/m0/s1. The molecular weight excluding hydrogens is 212 g/mol. The first kappa shape index (κ1) is 12.6. The highest BCUT2D eigenvalue weighted by Gasteiger charge is 2.28. The molecule has 4 heteroatoms. The lowest BCUT2D eigenvalue weighted by molar-refractivity contribution is 0.402. The Labute approximate surface area is 104 Å². The van der Waals surface area contributed by atoms with Gasteiger partial charge in [-0.25, -0.2) is 0 Å². The summed E-state index contributed by atoms with van der Waals surface area (Å²) in [4.78, 5) is 0. The van der Waals surface area contributed by atoms with Crippen LogP contribution in [-0.2, 0) is 6.42 Å². The van der Waals surface area contributed by atoms with Crippen molar-refractivity contribution in [2.75, 3.05) is 6.54 Å². The molecule has 1 saturated carbocycles. The molecule has 0 saturated heterocycles. The summed E-state index contributed by atoms with van der Waals surface area (Å²) in [5, 5.41) is 8.55. The van der Waals surface area contributed by atoms with Crippen LogP contribution >= 0.6 is 0 Å². The average molecular weight is 236 g/mol. The highest BCUT2D eigenvalue weighted by Crippen LogP contribution is 2.36. The monoisotopic (exact) mass is 236 g/mol. The van der Waals surface area contributed by atoms with Crippen molar-refractivity contribution in [2.45, 2.75) is 52.5 Å². The first-order valence-electron chi connectivity index (χ1n) is 6.72. The van der Waals surface area contributed by atoms with Crippen molar-refractivity contribution in [3.8, 4) is 0 Å². The molecule has 2 N–H and O–H groups in total. The molecule has 0 amide bonds. The third-order valence-corrected chi connectivity index (χ3v) is 3.46. The van der Waals surface area contributed by atoms with Crippen LogP contribution in [0.5, 0.6) is 0 Å². The number of nitrogens with zero attached hydrogens (tertiary/aromatic N) is 3. The van der Waals surface area contributed by atoms with Crippen molar-refractivity contribution in [1.82, 2.24) is 14.8 Å². The van der Waals surface area contributed by atoms with Gasteiger partial charge in [-0.2, -0.15) is 0 Å². The van der Waals surface area contributed by atoms with Gasteiger partial charge in [0.2, 0.25) is 0 Å². The zero-order valence-electron chi connectivity index (χ0n) is 11.2. The van der Waals surface area contributed by atoms with E-state index in [-0.39, 0.29) is 0 Å². The minimum absolute atomic E-state index is 0.538. The summed E-state index contributed by atoms with van der Waals surface area (Å²) < 4.78 is 2.32. The van der Waals surface area contributed by atoms with E-state index in [1.807, 2.05) is 0 Å². The van der Waals surface area contributed by atoms with Crippen LogP contribution < -0.4 is 5.73 Å². The van der Waals surface area contributed by atoms with Gasteiger partial charge in [-0.3, -0.25) is 0 Å². The van der Waals surface area contributed by atoms with Gasteiger partial charge in [0.15, 0.2) is 0 Å². The Bertz CT molecular complexity index is 365. The summed E-state index contributed by atoms with van der Waals surface area (Å²) >= 11 is 0. The Morgan fingerprint density at radius 1 is 1.35 bits per heavy atom. The number of rotatable bonds is 6. The van der Waals surface area contributed by atoms with Crippen molar-refractivity contribution in [1.29, 1.82) is 0 Å². The van der Waals surface area contributed by atoms with Crippen LogP contribution in [0.3, 0.4) is 0 Å². The van der Waals surface area contributed by atoms with Crippen LogP contribution in [0.15, 0.2) is 0 Å². The molecular formula is C13H24N4. The van der Waals surface area contributed by atoms with Crippen molar-refractivity contribution < 1.29 is 0 Å². The lowest BCUT2D eigenvalue weighted by Crippen LogP contribution is -2.21. The Balaban J connectivity index is 2.06. The number of aromatic nitrogens is 3. The van der Waals surface area contributed by atoms with Crippen LogP contribution in [0.25, 0.3) is 0 Å². The normalized spacial score (nSPS) is 17.7. The highest BCUT2D eigenvalue weighted by molar-refractivity contribution is 5.02. The van der Waals surface area contributed by atoms with E-state index >= 15 is 0 Å². The van der Waals surface area contributed by atoms with Gasteiger partial charge in [-0.1, -0.05) is 13.8 Å². The molecule has 17 heavy (non-hydrogen) atoms. The first-order chi connectivity index (χ1) is 8.11. The van der Waals surface area contributed by atoms with Gasteiger partial charge in [0.25, 0.3) is 0 Å². The van der Waals surface area contributed by atoms with E-state index in [1.165, 1.54) is 19.3 Å². The number of aryl methyl sites for hydroxylation is 1. The average Bonchev–Trinajstić information content (AvgIpc) is 3.03. The van der Waals surface area contributed by atoms with Crippen molar-refractivity contribution in [3.63, 3.8) is 0 Å². The molecule has 4 nitrogen and oxygen atoms in total. The molecule has 1 heterocycles. The molecule has 1 aromatic heterocycles. The second-order valence-electron chi connectivity index (χ2n) is 5.70. The zero-order valence-corrected chi connectivity index (χ0v) is 11.2. The maximum atomic E-state index is 5.86. The molecule has 0 radical (unpaired) electrons. The maximum absolute atomic E-state index is 5.86. The summed E-state index contributed by atoms with van der Waals surface area (Å²) in [5.41, 5.74) is 5.86. The third-order valence-electron chi connectivity index (χ3n) is 3.46. The lowest BCUT2D eigenvalue weighted by Gasteiger charge is -2.17. The van der Waals surface area contributed by atoms with E-state index in [4.69, 9.17) is 5.73 Å². The highest BCUT2D eigenvalue weighted by atomic mass is 15.3. The topological polar surface area (TPSA) is 56.7 Å². The van der Waals surface area contributed by atoms with Crippen molar-refractivity contribution in [3.05, 3.63) is 11.6 Å². The summed E-state index contributed by atoms with van der Waals surface area (Å²) in [5.74, 6) is 3.43. The molecule has 2 rings (SSSR count). The van der Waals surface area contributed by atoms with Crippen molar-refractivity contribution >= 4 is 0 Å². The van der Waals surface area contributed by atoms with E-state index in [1.54, 1.807) is 0 Å². The predicted octanol–water partition coefficient (Wildman–Crippen LogP) is 2.08. The quantitative estimate of drug-likeness (QED) is 0.822. The molecule has 0 bridgehead atoms. The fraction of sp³-hybridized carbons (Fsp3) is 0.846. The van der Waals surface area contributed by atoms with E-state index in [2.05, 4.69) is 35.5 Å². The zero-order chi connectivity index (χ0) is 12.4. The predicted molar refractivity (Wildman–Crippen MR) is 68.7 cm³/mol. The molecule has 0 spiro atoms. The van der Waals surface area contributed by atoms with Gasteiger partial charge < -0.3 is 10.3 Å². The van der Waals surface area contributed by atoms with Crippen molar-refractivity contribution in [2.24, 2.45) is 17.6 Å². The fourth-order valence-corrected chi connectivity index (χ4v) is 2.55. The summed E-state index contributed by atoms with van der Waals surface area (Å²) in [6.07, 6.45) is 4.71. The van der Waals surface area contributed by atoms with Gasteiger partial charge in [0.1, 0.15) is 11.6 Å². The molecule has 1 aromatic rings. The Kier molecular flexibility index (Phi) is 3.82. The second kappa shape index (κ2) is 5.17. The molecule has 1 aliphatic carbocycles. The molecule has 1 atom stereocenters. The van der Waals surface area contributed by atoms with E-state index in [0.717, 1.165) is 24.6 Å². The molecule has 0 aromatic carbocycles. The largest absolute Gasteiger partial charge is 0.330 e. The summed E-state index contributed by atoms with van der Waals surface area (Å²) in [6.45, 7) is 7.29. The maximum Gasteiger partial charge on any atom is 0.133 e. The van der Waals surface area contributed by atoms with Gasteiger partial charge >= 0.3 is 0 Å². The lowest BCUT2D eigenvalue weighted by atomic mass is 9.94. The summed E-state index contributed by atoms with van der Waals surface area (Å²) in [6, 6.07) is 0.664. The van der Waals surface area contributed by atoms with E-state index in [9.17, 15) is 0 Å². The second-order valence-corrected chi connectivity index (χ2v) is 5.70. The number of hydrogen-bond acceptors (Lipinski definition) is 3. The Morgan fingerprint density at radius 3 is 2.59 bits per heavy atom. The van der Waals surface area contributed by atoms with E-state index < -0.39 is 0 Å². The fourth-order valence-electron chi connectivity index (χ4n) is 2.55. The SMILES string of the molecule is Cc1nnc(C[C@@H](CN)CC(C)C)n1C1CC1. The van der Waals surface area contributed by atoms with Crippen LogP contribution in [0.2, 0.25) is 0 Å². The third kappa shape index (κ3) is 3.06. The van der Waals surface area contributed by atoms with Gasteiger partial charge in [0, 0.05) is 12.5 Å². The smallest absolute Gasteiger partial charge is 0.133 e. The molecule has 0 unspecified atom stereocenters. The summed E-state index contributed by atoms with van der Waals surface area (Å²) in [7, 11) is 0. The van der Waals surface area contributed by atoms with Gasteiger partial charge in [-0.15, -0.1) is 10.2 Å². The van der Waals surface area contributed by atoms with Gasteiger partial charge in [0.05, 0.1) is 0 Å². The Hall–Kier alpha value is -0.900. The van der Waals surface area contributed by atoms with Crippen LogP contribution in [0.4, 0.5) is 0 Å². The molecule has 96 valence electrons. The van der Waals surface area contributed by atoms with Crippen LogP contribution in [0.1, 0.15) is 50.8 Å².